The first-order valence-corrected chi connectivity index (χ1v) is 7.63. The van der Waals surface area contributed by atoms with Crippen LogP contribution in [0.5, 0.6) is 0 Å². The zero-order chi connectivity index (χ0) is 15.7. The van der Waals surface area contributed by atoms with Crippen molar-refractivity contribution in [3.63, 3.8) is 0 Å². The Hall–Kier alpha value is -1.39. The molecule has 2 N–H and O–H groups in total. The molecule has 1 unspecified atom stereocenters. The van der Waals surface area contributed by atoms with Crippen LogP contribution in [-0.4, -0.2) is 32.7 Å². The van der Waals surface area contributed by atoms with Gasteiger partial charge in [0.2, 0.25) is 5.91 Å². The van der Waals surface area contributed by atoms with E-state index in [-0.39, 0.29) is 11.9 Å². The predicted molar refractivity (Wildman–Crippen MR) is 86.5 cm³/mol. The van der Waals surface area contributed by atoms with E-state index in [4.69, 9.17) is 4.74 Å². The van der Waals surface area contributed by atoms with Gasteiger partial charge in [0.25, 0.3) is 0 Å². The number of amides is 1. The quantitative estimate of drug-likeness (QED) is 0.688. The lowest BCUT2D eigenvalue weighted by Gasteiger charge is -2.15. The minimum absolute atomic E-state index is 0.0573. The normalized spacial score (nSPS) is 12.4. The molecule has 4 heteroatoms. The zero-order valence-electron chi connectivity index (χ0n) is 13.6. The summed E-state index contributed by atoms with van der Waals surface area (Å²) in [6.07, 6.45) is 0.484. The Bertz CT molecular complexity index is 415. The van der Waals surface area contributed by atoms with E-state index in [9.17, 15) is 4.79 Å². The van der Waals surface area contributed by atoms with Crippen molar-refractivity contribution in [1.29, 1.82) is 0 Å². The van der Waals surface area contributed by atoms with E-state index in [2.05, 4.69) is 55.7 Å². The summed E-state index contributed by atoms with van der Waals surface area (Å²) in [5, 5.41) is 6.19. The highest BCUT2D eigenvalue weighted by atomic mass is 16.5. The summed E-state index contributed by atoms with van der Waals surface area (Å²) in [7, 11) is 1.62. The molecule has 0 bridgehead atoms. The smallest absolute Gasteiger partial charge is 0.221 e. The Morgan fingerprint density at radius 1 is 1.10 bits per heavy atom. The maximum absolute atomic E-state index is 11.5. The van der Waals surface area contributed by atoms with Gasteiger partial charge in [0, 0.05) is 32.7 Å². The van der Waals surface area contributed by atoms with Gasteiger partial charge in [-0.05, 0) is 24.0 Å². The second-order valence-electron chi connectivity index (χ2n) is 5.59. The summed E-state index contributed by atoms with van der Waals surface area (Å²) in [5.41, 5.74) is 2.60. The molecule has 0 heterocycles. The number of methoxy groups -OCH3 is 1. The molecule has 0 aliphatic carbocycles. The Morgan fingerprint density at radius 2 is 1.71 bits per heavy atom. The molecule has 1 aromatic rings. The number of hydrogen-bond donors (Lipinski definition) is 2. The highest BCUT2D eigenvalue weighted by Crippen LogP contribution is 2.18. The number of carbonyl (C=O) groups is 1. The van der Waals surface area contributed by atoms with Crippen LogP contribution < -0.4 is 10.6 Å². The second-order valence-corrected chi connectivity index (χ2v) is 5.59. The standard InChI is InChI=1S/C17H28N2O2/c1-13(2)15-5-7-16(8-6-15)14(3)18-10-9-17(20)19-11-12-21-4/h5-8,13-14,18H,9-12H2,1-4H3,(H,19,20). The molecule has 0 saturated carbocycles. The maximum atomic E-state index is 11.5. The summed E-state index contributed by atoms with van der Waals surface area (Å²) in [6, 6.07) is 8.92. The molecule has 4 nitrogen and oxygen atoms in total. The average molecular weight is 292 g/mol. The lowest BCUT2D eigenvalue weighted by atomic mass is 9.99. The van der Waals surface area contributed by atoms with Crippen LogP contribution in [0.1, 0.15) is 50.3 Å². The number of ether oxygens (including phenoxy) is 1. The molecule has 21 heavy (non-hydrogen) atoms. The van der Waals surface area contributed by atoms with Crippen LogP contribution in [0.3, 0.4) is 0 Å². The van der Waals surface area contributed by atoms with E-state index in [0.717, 1.165) is 0 Å². The van der Waals surface area contributed by atoms with Gasteiger partial charge in [0.15, 0.2) is 0 Å². The minimum Gasteiger partial charge on any atom is -0.383 e. The van der Waals surface area contributed by atoms with Gasteiger partial charge in [-0.3, -0.25) is 4.79 Å². The monoisotopic (exact) mass is 292 g/mol. The summed E-state index contributed by atoms with van der Waals surface area (Å²) in [6.45, 7) is 8.30. The lowest BCUT2D eigenvalue weighted by Crippen LogP contribution is -2.30. The maximum Gasteiger partial charge on any atom is 0.221 e. The summed E-state index contributed by atoms with van der Waals surface area (Å²) < 4.78 is 4.89. The van der Waals surface area contributed by atoms with Crippen LogP contribution in [0.2, 0.25) is 0 Å². The number of nitrogens with one attached hydrogen (secondary N) is 2. The molecule has 0 aromatic heterocycles. The van der Waals surface area contributed by atoms with Crippen molar-refractivity contribution in [1.82, 2.24) is 10.6 Å². The highest BCUT2D eigenvalue weighted by Gasteiger charge is 2.07. The van der Waals surface area contributed by atoms with E-state index >= 15 is 0 Å². The van der Waals surface area contributed by atoms with Crippen molar-refractivity contribution in [3.05, 3.63) is 35.4 Å². The van der Waals surface area contributed by atoms with Crippen LogP contribution in [0.15, 0.2) is 24.3 Å². The van der Waals surface area contributed by atoms with Crippen molar-refractivity contribution in [2.75, 3.05) is 26.8 Å². The fourth-order valence-corrected chi connectivity index (χ4v) is 2.07. The van der Waals surface area contributed by atoms with Gasteiger partial charge in [-0.1, -0.05) is 38.1 Å². The van der Waals surface area contributed by atoms with Gasteiger partial charge >= 0.3 is 0 Å². The largest absolute Gasteiger partial charge is 0.383 e. The first-order valence-electron chi connectivity index (χ1n) is 7.63. The fourth-order valence-electron chi connectivity index (χ4n) is 2.07. The highest BCUT2D eigenvalue weighted by molar-refractivity contribution is 5.76. The third-order valence-electron chi connectivity index (χ3n) is 3.53. The van der Waals surface area contributed by atoms with Gasteiger partial charge in [0.05, 0.1) is 6.61 Å². The SMILES string of the molecule is COCCNC(=O)CCNC(C)c1ccc(C(C)C)cc1. The predicted octanol–water partition coefficient (Wildman–Crippen LogP) is 2.61. The average Bonchev–Trinajstić information content (AvgIpc) is 2.47. The molecule has 1 aromatic carbocycles. The van der Waals surface area contributed by atoms with Crippen LogP contribution >= 0.6 is 0 Å². The molecule has 1 rings (SSSR count). The number of carbonyl (C=O) groups excluding carboxylic acids is 1. The molecule has 0 spiro atoms. The second kappa shape index (κ2) is 9.53. The molecule has 0 fully saturated rings. The number of rotatable bonds is 9. The van der Waals surface area contributed by atoms with Crippen molar-refractivity contribution in [2.24, 2.45) is 0 Å². The molecule has 1 atom stereocenters. The fraction of sp³-hybridized carbons (Fsp3) is 0.588. The first kappa shape index (κ1) is 17.7. The molecule has 0 aliphatic heterocycles. The van der Waals surface area contributed by atoms with E-state index in [1.807, 2.05) is 0 Å². The number of hydrogen-bond acceptors (Lipinski definition) is 3. The Balaban J connectivity index is 2.30. The lowest BCUT2D eigenvalue weighted by molar-refractivity contribution is -0.121. The van der Waals surface area contributed by atoms with E-state index in [1.54, 1.807) is 7.11 Å². The third kappa shape index (κ3) is 6.74. The van der Waals surface area contributed by atoms with Crippen molar-refractivity contribution < 1.29 is 9.53 Å². The number of benzene rings is 1. The molecule has 0 radical (unpaired) electrons. The molecular weight excluding hydrogens is 264 g/mol. The third-order valence-corrected chi connectivity index (χ3v) is 3.53. The Labute approximate surface area is 128 Å². The van der Waals surface area contributed by atoms with Gasteiger partial charge in [-0.15, -0.1) is 0 Å². The van der Waals surface area contributed by atoms with E-state index in [1.165, 1.54) is 11.1 Å². The summed E-state index contributed by atoms with van der Waals surface area (Å²) in [4.78, 5) is 11.5. The molecule has 1 amide bonds. The van der Waals surface area contributed by atoms with Crippen LogP contribution in [0.4, 0.5) is 0 Å². The van der Waals surface area contributed by atoms with Gasteiger partial charge in [-0.25, -0.2) is 0 Å². The van der Waals surface area contributed by atoms with Crippen LogP contribution in [0, 0.1) is 0 Å². The molecular formula is C17H28N2O2. The van der Waals surface area contributed by atoms with Crippen LogP contribution in [-0.2, 0) is 9.53 Å². The van der Waals surface area contributed by atoms with Crippen molar-refractivity contribution >= 4 is 5.91 Å². The van der Waals surface area contributed by atoms with Gasteiger partial charge in [-0.2, -0.15) is 0 Å². The van der Waals surface area contributed by atoms with Crippen molar-refractivity contribution in [2.45, 2.75) is 39.2 Å². The van der Waals surface area contributed by atoms with Gasteiger partial charge in [0.1, 0.15) is 0 Å². The Morgan fingerprint density at radius 3 is 2.29 bits per heavy atom. The van der Waals surface area contributed by atoms with Crippen molar-refractivity contribution in [3.8, 4) is 0 Å². The summed E-state index contributed by atoms with van der Waals surface area (Å²) >= 11 is 0. The zero-order valence-corrected chi connectivity index (χ0v) is 13.6. The van der Waals surface area contributed by atoms with E-state index < -0.39 is 0 Å². The molecule has 0 saturated heterocycles. The topological polar surface area (TPSA) is 50.4 Å². The Kier molecular flexibility index (Phi) is 8.01. The first-order chi connectivity index (χ1) is 10.0. The van der Waals surface area contributed by atoms with Gasteiger partial charge < -0.3 is 15.4 Å². The van der Waals surface area contributed by atoms with E-state index in [0.29, 0.717) is 32.0 Å². The molecule has 0 aliphatic rings. The molecule has 118 valence electrons. The summed E-state index contributed by atoms with van der Waals surface area (Å²) in [5.74, 6) is 0.611. The van der Waals surface area contributed by atoms with Crippen LogP contribution in [0.25, 0.3) is 0 Å². The minimum atomic E-state index is 0.0573.